The second-order valence-electron chi connectivity index (χ2n) is 4.55. The Balaban J connectivity index is 2.61. The lowest BCUT2D eigenvalue weighted by Crippen LogP contribution is -2.29. The summed E-state index contributed by atoms with van der Waals surface area (Å²) < 4.78 is 0.981. The monoisotopic (exact) mass is 318 g/mol. The van der Waals surface area contributed by atoms with Gasteiger partial charge in [-0.25, -0.2) is 0 Å². The van der Waals surface area contributed by atoms with Gasteiger partial charge in [-0.3, -0.25) is 4.98 Å². The summed E-state index contributed by atoms with van der Waals surface area (Å²) in [6.07, 6.45) is 2.12. The Labute approximate surface area is 121 Å². The van der Waals surface area contributed by atoms with Crippen LogP contribution in [0.25, 0.3) is 10.9 Å². The van der Waals surface area contributed by atoms with Gasteiger partial charge in [-0.05, 0) is 25.1 Å². The molecule has 0 aliphatic heterocycles. The third-order valence-corrected chi connectivity index (χ3v) is 3.72. The second kappa shape index (κ2) is 5.45. The Kier molecular flexibility index (Phi) is 3.91. The highest BCUT2D eigenvalue weighted by atomic mass is 79.9. The Morgan fingerprint density at radius 3 is 2.95 bits per heavy atom. The van der Waals surface area contributed by atoms with Crippen molar-refractivity contribution in [2.75, 3.05) is 17.7 Å². The van der Waals surface area contributed by atoms with E-state index in [0.717, 1.165) is 21.1 Å². The van der Waals surface area contributed by atoms with Crippen molar-refractivity contribution in [3.8, 4) is 6.07 Å². The van der Waals surface area contributed by atoms with Crippen molar-refractivity contribution >= 4 is 38.2 Å². The standard InChI is InChI=1S/C14H15BrN4/c1-9(5-6-16)19(2)14-11-7-10(15)3-4-13(11)18-8-12(14)17/h3-4,7-9H,5,17H2,1-2H3. The van der Waals surface area contributed by atoms with Crippen molar-refractivity contribution in [1.82, 2.24) is 4.98 Å². The van der Waals surface area contributed by atoms with Crippen LogP contribution < -0.4 is 10.6 Å². The molecule has 98 valence electrons. The third kappa shape index (κ3) is 2.64. The van der Waals surface area contributed by atoms with E-state index in [0.29, 0.717) is 12.1 Å². The number of benzene rings is 1. The number of aromatic nitrogens is 1. The van der Waals surface area contributed by atoms with Crippen LogP contribution in [-0.2, 0) is 0 Å². The number of halogens is 1. The molecule has 0 aliphatic carbocycles. The molecule has 0 amide bonds. The largest absolute Gasteiger partial charge is 0.396 e. The summed E-state index contributed by atoms with van der Waals surface area (Å²) in [4.78, 5) is 6.37. The molecule has 1 atom stereocenters. The molecule has 0 saturated heterocycles. The summed E-state index contributed by atoms with van der Waals surface area (Å²) >= 11 is 3.47. The Bertz CT molecular complexity index is 642. The molecule has 5 heteroatoms. The minimum absolute atomic E-state index is 0.0943. The van der Waals surface area contributed by atoms with Crippen molar-refractivity contribution in [3.63, 3.8) is 0 Å². The van der Waals surface area contributed by atoms with Crippen LogP contribution in [0, 0.1) is 11.3 Å². The van der Waals surface area contributed by atoms with Gasteiger partial charge in [0.1, 0.15) is 0 Å². The van der Waals surface area contributed by atoms with E-state index < -0.39 is 0 Å². The Morgan fingerprint density at radius 1 is 1.53 bits per heavy atom. The maximum absolute atomic E-state index is 8.83. The van der Waals surface area contributed by atoms with Crippen LogP contribution in [0.3, 0.4) is 0 Å². The zero-order chi connectivity index (χ0) is 14.0. The minimum atomic E-state index is 0.0943. The predicted molar refractivity (Wildman–Crippen MR) is 82.0 cm³/mol. The molecule has 1 unspecified atom stereocenters. The fourth-order valence-corrected chi connectivity index (χ4v) is 2.41. The van der Waals surface area contributed by atoms with Gasteiger partial charge < -0.3 is 10.6 Å². The van der Waals surface area contributed by atoms with Crippen LogP contribution in [0.15, 0.2) is 28.9 Å². The van der Waals surface area contributed by atoms with Crippen LogP contribution in [0.5, 0.6) is 0 Å². The summed E-state index contributed by atoms with van der Waals surface area (Å²) in [6.45, 7) is 2.01. The molecule has 2 N–H and O–H groups in total. The maximum atomic E-state index is 8.83. The lowest BCUT2D eigenvalue weighted by atomic mass is 10.1. The number of nitrogens with two attached hydrogens (primary N) is 1. The molecular weight excluding hydrogens is 304 g/mol. The van der Waals surface area contributed by atoms with Gasteiger partial charge in [0.15, 0.2) is 0 Å². The zero-order valence-electron chi connectivity index (χ0n) is 10.9. The van der Waals surface area contributed by atoms with E-state index in [9.17, 15) is 0 Å². The summed E-state index contributed by atoms with van der Waals surface area (Å²) in [6, 6.07) is 8.19. The molecule has 1 aromatic carbocycles. The Morgan fingerprint density at radius 2 is 2.26 bits per heavy atom. The van der Waals surface area contributed by atoms with E-state index in [2.05, 4.69) is 27.0 Å². The molecule has 4 nitrogen and oxygen atoms in total. The molecule has 0 radical (unpaired) electrons. The minimum Gasteiger partial charge on any atom is -0.396 e. The normalized spacial score (nSPS) is 12.1. The summed E-state index contributed by atoms with van der Waals surface area (Å²) in [7, 11) is 1.95. The number of pyridine rings is 1. The van der Waals surface area contributed by atoms with E-state index in [-0.39, 0.29) is 6.04 Å². The topological polar surface area (TPSA) is 65.9 Å². The lowest BCUT2D eigenvalue weighted by molar-refractivity contribution is 0.705. The van der Waals surface area contributed by atoms with Gasteiger partial charge >= 0.3 is 0 Å². The number of fused-ring (bicyclic) bond motifs is 1. The quantitative estimate of drug-likeness (QED) is 0.942. The van der Waals surface area contributed by atoms with E-state index >= 15 is 0 Å². The highest BCUT2D eigenvalue weighted by molar-refractivity contribution is 9.10. The highest BCUT2D eigenvalue weighted by Gasteiger charge is 2.16. The van der Waals surface area contributed by atoms with E-state index in [1.807, 2.05) is 37.1 Å². The van der Waals surface area contributed by atoms with Gasteiger partial charge in [0, 0.05) is 22.9 Å². The second-order valence-corrected chi connectivity index (χ2v) is 5.46. The number of hydrogen-bond donors (Lipinski definition) is 1. The van der Waals surface area contributed by atoms with Crippen LogP contribution in [0.1, 0.15) is 13.3 Å². The number of nitrogens with zero attached hydrogens (tertiary/aromatic N) is 3. The number of hydrogen-bond acceptors (Lipinski definition) is 4. The first-order valence-corrected chi connectivity index (χ1v) is 6.77. The van der Waals surface area contributed by atoms with Crippen molar-refractivity contribution in [2.45, 2.75) is 19.4 Å². The molecule has 0 bridgehead atoms. The van der Waals surface area contributed by atoms with E-state index in [1.165, 1.54) is 0 Å². The first kappa shape index (κ1) is 13.6. The van der Waals surface area contributed by atoms with Crippen molar-refractivity contribution in [2.24, 2.45) is 0 Å². The SMILES string of the molecule is CC(CC#N)N(C)c1c(N)cnc2ccc(Br)cc12. The molecular formula is C14H15BrN4. The summed E-state index contributed by atoms with van der Waals surface area (Å²) in [5, 5.41) is 9.82. The van der Waals surface area contributed by atoms with E-state index in [4.69, 9.17) is 11.0 Å². The zero-order valence-corrected chi connectivity index (χ0v) is 12.5. The average Bonchev–Trinajstić information content (AvgIpc) is 2.38. The molecule has 0 spiro atoms. The molecule has 1 heterocycles. The van der Waals surface area contributed by atoms with Crippen molar-refractivity contribution < 1.29 is 0 Å². The number of anilines is 2. The number of rotatable bonds is 3. The molecule has 2 rings (SSSR count). The van der Waals surface area contributed by atoms with E-state index in [1.54, 1.807) is 6.20 Å². The fraction of sp³-hybridized carbons (Fsp3) is 0.286. The molecule has 0 saturated carbocycles. The third-order valence-electron chi connectivity index (χ3n) is 3.23. The van der Waals surface area contributed by atoms with Gasteiger partial charge in [0.2, 0.25) is 0 Å². The lowest BCUT2D eigenvalue weighted by Gasteiger charge is -2.27. The van der Waals surface area contributed by atoms with Gasteiger partial charge in [-0.15, -0.1) is 0 Å². The first-order valence-electron chi connectivity index (χ1n) is 5.98. The smallest absolute Gasteiger partial charge is 0.0745 e. The number of nitrogen functional groups attached to an aromatic ring is 1. The summed E-state index contributed by atoms with van der Waals surface area (Å²) in [5.41, 5.74) is 8.51. The van der Waals surface area contributed by atoms with Crippen LogP contribution in [-0.4, -0.2) is 18.1 Å². The van der Waals surface area contributed by atoms with Crippen molar-refractivity contribution in [3.05, 3.63) is 28.9 Å². The van der Waals surface area contributed by atoms with Crippen LogP contribution >= 0.6 is 15.9 Å². The summed E-state index contributed by atoms with van der Waals surface area (Å²) in [5.74, 6) is 0. The van der Waals surface area contributed by atoms with Crippen LogP contribution in [0.2, 0.25) is 0 Å². The first-order chi connectivity index (χ1) is 9.04. The van der Waals surface area contributed by atoms with Crippen molar-refractivity contribution in [1.29, 1.82) is 5.26 Å². The molecule has 1 aromatic heterocycles. The average molecular weight is 319 g/mol. The van der Waals surface area contributed by atoms with Gasteiger partial charge in [0.25, 0.3) is 0 Å². The fourth-order valence-electron chi connectivity index (χ4n) is 2.05. The molecule has 2 aromatic rings. The number of nitriles is 1. The van der Waals surface area contributed by atoms with Gasteiger partial charge in [0.05, 0.1) is 35.6 Å². The van der Waals surface area contributed by atoms with Crippen LogP contribution in [0.4, 0.5) is 11.4 Å². The highest BCUT2D eigenvalue weighted by Crippen LogP contribution is 2.33. The van der Waals surface area contributed by atoms with Gasteiger partial charge in [-0.1, -0.05) is 15.9 Å². The molecule has 19 heavy (non-hydrogen) atoms. The molecule has 0 fully saturated rings. The maximum Gasteiger partial charge on any atom is 0.0745 e. The molecule has 0 aliphatic rings. The van der Waals surface area contributed by atoms with Gasteiger partial charge in [-0.2, -0.15) is 5.26 Å². The predicted octanol–water partition coefficient (Wildman–Crippen LogP) is 3.32. The Hall–Kier alpha value is -1.80.